The van der Waals surface area contributed by atoms with Crippen LogP contribution in [0.25, 0.3) is 0 Å². The normalized spacial score (nSPS) is 12.7. The van der Waals surface area contributed by atoms with Crippen molar-refractivity contribution in [2.45, 2.75) is 78.7 Å². The summed E-state index contributed by atoms with van der Waals surface area (Å²) in [4.78, 5) is 0.349. The number of nitrogens with one attached hydrogen (secondary N) is 1. The Hall–Kier alpha value is -1.82. The molecular formula is C20H31N3O2S. The van der Waals surface area contributed by atoms with Crippen molar-refractivity contribution < 1.29 is 8.42 Å². The summed E-state index contributed by atoms with van der Waals surface area (Å²) >= 11 is 0. The summed E-state index contributed by atoms with van der Waals surface area (Å²) < 4.78 is 30.9. The van der Waals surface area contributed by atoms with Crippen molar-refractivity contribution in [1.29, 1.82) is 0 Å². The van der Waals surface area contributed by atoms with Gasteiger partial charge in [0.2, 0.25) is 0 Å². The van der Waals surface area contributed by atoms with Gasteiger partial charge in [0.25, 0.3) is 10.0 Å². The number of anilines is 1. The van der Waals surface area contributed by atoms with E-state index < -0.39 is 10.0 Å². The monoisotopic (exact) mass is 377 g/mol. The molecule has 0 aliphatic carbocycles. The van der Waals surface area contributed by atoms with Crippen LogP contribution in [0.3, 0.4) is 0 Å². The van der Waals surface area contributed by atoms with E-state index in [1.165, 1.54) is 0 Å². The molecule has 1 heterocycles. The number of rotatable bonds is 4. The first kappa shape index (κ1) is 20.5. The second kappa shape index (κ2) is 6.72. The Kier molecular flexibility index (Phi) is 5.30. The lowest BCUT2D eigenvalue weighted by molar-refractivity contribution is 0.516. The first-order valence-corrected chi connectivity index (χ1v) is 10.4. The van der Waals surface area contributed by atoms with Crippen LogP contribution in [0.5, 0.6) is 0 Å². The van der Waals surface area contributed by atoms with E-state index in [9.17, 15) is 8.42 Å². The van der Waals surface area contributed by atoms with Gasteiger partial charge in [-0.3, -0.25) is 9.40 Å². The third-order valence-corrected chi connectivity index (χ3v) is 6.30. The molecule has 0 aliphatic heterocycles. The molecule has 0 saturated carbocycles. The highest BCUT2D eigenvalue weighted by Gasteiger charge is 2.25. The molecule has 1 N–H and O–H groups in total. The Labute approximate surface area is 157 Å². The molecule has 0 unspecified atom stereocenters. The highest BCUT2D eigenvalue weighted by molar-refractivity contribution is 7.92. The second-order valence-corrected chi connectivity index (χ2v) is 10.00. The van der Waals surface area contributed by atoms with Crippen molar-refractivity contribution in [2.75, 3.05) is 4.72 Å². The first-order valence-electron chi connectivity index (χ1n) is 8.96. The first-order chi connectivity index (χ1) is 11.8. The number of aryl methyl sites for hydroxylation is 3. The molecule has 1 aromatic heterocycles. The minimum absolute atomic E-state index is 0.0309. The summed E-state index contributed by atoms with van der Waals surface area (Å²) in [5, 5.41) is 4.47. The highest BCUT2D eigenvalue weighted by atomic mass is 32.2. The molecule has 0 atom stereocenters. The summed E-state index contributed by atoms with van der Waals surface area (Å²) in [7, 11) is -3.70. The number of sulfonamides is 1. The van der Waals surface area contributed by atoms with Gasteiger partial charge in [0.1, 0.15) is 0 Å². The van der Waals surface area contributed by atoms with Crippen molar-refractivity contribution >= 4 is 15.7 Å². The third kappa shape index (κ3) is 3.80. The van der Waals surface area contributed by atoms with Gasteiger partial charge in [-0.25, -0.2) is 8.42 Å². The van der Waals surface area contributed by atoms with E-state index in [-0.39, 0.29) is 11.5 Å². The van der Waals surface area contributed by atoms with Crippen LogP contribution in [0, 0.1) is 27.7 Å². The summed E-state index contributed by atoms with van der Waals surface area (Å²) in [6.45, 7) is 17.9. The average Bonchev–Trinajstić information content (AvgIpc) is 2.73. The van der Waals surface area contributed by atoms with Crippen LogP contribution in [0.1, 0.15) is 68.7 Å². The molecule has 1 aromatic carbocycles. The van der Waals surface area contributed by atoms with Crippen molar-refractivity contribution in [3.63, 3.8) is 0 Å². The number of aromatic nitrogens is 2. The van der Waals surface area contributed by atoms with Crippen molar-refractivity contribution in [2.24, 2.45) is 0 Å². The van der Waals surface area contributed by atoms with Gasteiger partial charge < -0.3 is 0 Å². The molecule has 0 bridgehead atoms. The summed E-state index contributed by atoms with van der Waals surface area (Å²) in [6, 6.07) is 4.11. The van der Waals surface area contributed by atoms with Crippen LogP contribution in [0.15, 0.2) is 17.0 Å². The molecule has 0 amide bonds. The SMILES string of the molecule is Cc1cc(C(C)(C)C)cc(C)c1S(=O)(=O)Nc1c(C)nn(C(C)C)c1C. The van der Waals surface area contributed by atoms with E-state index >= 15 is 0 Å². The Morgan fingerprint density at radius 3 is 1.92 bits per heavy atom. The molecule has 6 heteroatoms. The molecule has 144 valence electrons. The van der Waals surface area contributed by atoms with Crippen molar-refractivity contribution in [3.05, 3.63) is 40.2 Å². The number of hydrogen-bond acceptors (Lipinski definition) is 3. The van der Waals surface area contributed by atoms with Crippen LogP contribution >= 0.6 is 0 Å². The quantitative estimate of drug-likeness (QED) is 0.833. The van der Waals surface area contributed by atoms with Crippen molar-refractivity contribution in [1.82, 2.24) is 9.78 Å². The van der Waals surface area contributed by atoms with Gasteiger partial charge >= 0.3 is 0 Å². The van der Waals surface area contributed by atoms with E-state index in [2.05, 4.69) is 30.6 Å². The molecule has 5 nitrogen and oxygen atoms in total. The number of hydrogen-bond donors (Lipinski definition) is 1. The second-order valence-electron chi connectivity index (χ2n) is 8.38. The fourth-order valence-corrected chi connectivity index (χ4v) is 4.94. The maximum absolute atomic E-state index is 13.1. The van der Waals surface area contributed by atoms with Gasteiger partial charge in [-0.2, -0.15) is 5.10 Å². The van der Waals surface area contributed by atoms with Gasteiger partial charge in [-0.05, 0) is 63.6 Å². The molecular weight excluding hydrogens is 346 g/mol. The van der Waals surface area contributed by atoms with Gasteiger partial charge in [0, 0.05) is 6.04 Å². The number of benzene rings is 1. The third-order valence-electron chi connectivity index (χ3n) is 4.65. The zero-order valence-corrected chi connectivity index (χ0v) is 18.2. The molecule has 26 heavy (non-hydrogen) atoms. The number of nitrogens with zero attached hydrogens (tertiary/aromatic N) is 2. The Morgan fingerprint density at radius 1 is 1.04 bits per heavy atom. The van der Waals surface area contributed by atoms with Crippen LogP contribution in [-0.2, 0) is 15.4 Å². The maximum atomic E-state index is 13.1. The average molecular weight is 378 g/mol. The Balaban J connectivity index is 2.53. The molecule has 0 spiro atoms. The molecule has 0 saturated heterocycles. The standard InChI is InChI=1S/C20H31N3O2S/c1-12(2)23-16(6)18(15(5)21-23)22-26(24,25)19-13(3)10-17(11-14(19)4)20(7,8)9/h10-12,22H,1-9H3. The van der Waals surface area contributed by atoms with Crippen LogP contribution in [-0.4, -0.2) is 18.2 Å². The van der Waals surface area contributed by atoms with Crippen molar-refractivity contribution in [3.8, 4) is 0 Å². The minimum Gasteiger partial charge on any atom is -0.276 e. The fraction of sp³-hybridized carbons (Fsp3) is 0.550. The fourth-order valence-electron chi connectivity index (χ4n) is 3.31. The minimum atomic E-state index is -3.70. The van der Waals surface area contributed by atoms with E-state index in [1.54, 1.807) is 0 Å². The Bertz CT molecular complexity index is 910. The van der Waals surface area contributed by atoms with Crippen LogP contribution in [0.2, 0.25) is 0 Å². The zero-order chi connectivity index (χ0) is 20.0. The summed E-state index contributed by atoms with van der Waals surface area (Å²) in [5.74, 6) is 0. The van der Waals surface area contributed by atoms with E-state index in [4.69, 9.17) is 0 Å². The molecule has 0 fully saturated rings. The van der Waals surface area contributed by atoms with Gasteiger partial charge in [-0.1, -0.05) is 32.9 Å². The van der Waals surface area contributed by atoms with E-state index in [0.717, 1.165) is 22.4 Å². The summed E-state index contributed by atoms with van der Waals surface area (Å²) in [6.07, 6.45) is 0. The molecule has 2 rings (SSSR count). The van der Waals surface area contributed by atoms with Gasteiger partial charge in [0.15, 0.2) is 0 Å². The molecule has 0 radical (unpaired) electrons. The van der Waals surface area contributed by atoms with E-state index in [0.29, 0.717) is 16.3 Å². The van der Waals surface area contributed by atoms with E-state index in [1.807, 2.05) is 58.4 Å². The predicted molar refractivity (Wildman–Crippen MR) is 108 cm³/mol. The van der Waals surface area contributed by atoms with Gasteiger partial charge in [0.05, 0.1) is 22.0 Å². The highest BCUT2D eigenvalue weighted by Crippen LogP contribution is 2.31. The smallest absolute Gasteiger partial charge is 0.262 e. The lowest BCUT2D eigenvalue weighted by atomic mass is 9.85. The lowest BCUT2D eigenvalue weighted by Crippen LogP contribution is -2.19. The zero-order valence-electron chi connectivity index (χ0n) is 17.4. The Morgan fingerprint density at radius 2 is 1.54 bits per heavy atom. The topological polar surface area (TPSA) is 64.0 Å². The van der Waals surface area contributed by atoms with Crippen LogP contribution < -0.4 is 4.72 Å². The van der Waals surface area contributed by atoms with Crippen LogP contribution in [0.4, 0.5) is 5.69 Å². The maximum Gasteiger partial charge on any atom is 0.262 e. The lowest BCUT2D eigenvalue weighted by Gasteiger charge is -2.22. The largest absolute Gasteiger partial charge is 0.276 e. The predicted octanol–water partition coefficient (Wildman–Crippen LogP) is 4.80. The molecule has 2 aromatic rings. The molecule has 0 aliphatic rings. The summed E-state index contributed by atoms with van der Waals surface area (Å²) in [5.41, 5.74) is 4.69. The van der Waals surface area contributed by atoms with Gasteiger partial charge in [-0.15, -0.1) is 0 Å².